The molecule has 2 aromatic rings. The summed E-state index contributed by atoms with van der Waals surface area (Å²) in [5, 5.41) is 3.53. The third-order valence-corrected chi connectivity index (χ3v) is 4.77. The lowest BCUT2D eigenvalue weighted by Crippen LogP contribution is -2.37. The maximum Gasteiger partial charge on any atom is 0.356 e. The van der Waals surface area contributed by atoms with E-state index in [-0.39, 0.29) is 11.6 Å². The van der Waals surface area contributed by atoms with Gasteiger partial charge in [0.05, 0.1) is 39.1 Å². The molecule has 1 amide bonds. The zero-order valence-corrected chi connectivity index (χ0v) is 15.9. The maximum atomic E-state index is 12.6. The Morgan fingerprint density at radius 3 is 2.37 bits per heavy atom. The van der Waals surface area contributed by atoms with E-state index >= 15 is 0 Å². The van der Waals surface area contributed by atoms with E-state index in [2.05, 4.69) is 15.2 Å². The average molecular weight is 375 g/mol. The number of H-pyrrole nitrogens is 1. The van der Waals surface area contributed by atoms with Gasteiger partial charge in [-0.25, -0.2) is 4.79 Å². The summed E-state index contributed by atoms with van der Waals surface area (Å²) in [4.78, 5) is 29.9. The number of amides is 1. The zero-order valence-electron chi connectivity index (χ0n) is 15.9. The first kappa shape index (κ1) is 19.0. The summed E-state index contributed by atoms with van der Waals surface area (Å²) in [5.41, 5.74) is 1.22. The molecule has 1 saturated heterocycles. The Hall–Kier alpha value is -2.74. The monoisotopic (exact) mass is 375 g/mol. The smallest absolute Gasteiger partial charge is 0.356 e. The van der Waals surface area contributed by atoms with E-state index in [1.165, 1.54) is 27.8 Å². The number of nitrogens with one attached hydrogen (secondary N) is 2. The molecule has 1 aromatic heterocycles. The number of benzene rings is 1. The summed E-state index contributed by atoms with van der Waals surface area (Å²) in [6.07, 6.45) is 3.41. The predicted molar refractivity (Wildman–Crippen MR) is 102 cm³/mol. The van der Waals surface area contributed by atoms with Gasteiger partial charge in [0.1, 0.15) is 5.69 Å². The summed E-state index contributed by atoms with van der Waals surface area (Å²) < 4.78 is 15.5. The van der Waals surface area contributed by atoms with Gasteiger partial charge in [-0.15, -0.1) is 0 Å². The minimum atomic E-state index is -0.558. The van der Waals surface area contributed by atoms with Crippen LogP contribution in [-0.2, 0) is 9.53 Å². The van der Waals surface area contributed by atoms with E-state index in [1.54, 1.807) is 12.1 Å². The number of methoxy groups -OCH3 is 3. The number of aromatic amines is 1. The topological polar surface area (TPSA) is 92.9 Å². The molecule has 1 aliphatic rings. The number of hydrogen-bond acceptors (Lipinski definition) is 6. The number of hydrogen-bond donors (Lipinski definition) is 2. The average Bonchev–Trinajstić information content (AvgIpc) is 3.04. The van der Waals surface area contributed by atoms with Crippen molar-refractivity contribution in [3.05, 3.63) is 17.8 Å². The van der Waals surface area contributed by atoms with E-state index in [0.29, 0.717) is 34.6 Å². The molecule has 8 heteroatoms. The maximum absolute atomic E-state index is 12.6. The number of nitrogens with zero attached hydrogens (tertiary/aromatic N) is 1. The normalized spacial score (nSPS) is 14.8. The fraction of sp³-hybridized carbons (Fsp3) is 0.474. The molecular weight excluding hydrogens is 350 g/mol. The van der Waals surface area contributed by atoms with Gasteiger partial charge in [0.2, 0.25) is 5.91 Å². The molecule has 2 N–H and O–H groups in total. The van der Waals surface area contributed by atoms with Gasteiger partial charge in [0, 0.05) is 11.5 Å². The number of piperidine rings is 1. The summed E-state index contributed by atoms with van der Waals surface area (Å²) in [5.74, 6) is 0.302. The van der Waals surface area contributed by atoms with Crippen molar-refractivity contribution in [3.8, 4) is 11.5 Å². The molecule has 8 nitrogen and oxygen atoms in total. The first-order valence-electron chi connectivity index (χ1n) is 8.95. The molecule has 146 valence electrons. The Kier molecular flexibility index (Phi) is 5.85. The van der Waals surface area contributed by atoms with Gasteiger partial charge in [-0.3, -0.25) is 9.69 Å². The van der Waals surface area contributed by atoms with Crippen molar-refractivity contribution in [2.75, 3.05) is 46.3 Å². The number of fused-ring (bicyclic) bond motifs is 1. The number of anilines is 1. The van der Waals surface area contributed by atoms with Gasteiger partial charge in [0.15, 0.2) is 11.5 Å². The first-order valence-corrected chi connectivity index (χ1v) is 8.95. The minimum absolute atomic E-state index is 0.169. The molecule has 27 heavy (non-hydrogen) atoms. The van der Waals surface area contributed by atoms with Crippen LogP contribution in [0.2, 0.25) is 0 Å². The zero-order chi connectivity index (χ0) is 19.4. The molecule has 0 radical (unpaired) electrons. The Morgan fingerprint density at radius 2 is 1.74 bits per heavy atom. The Bertz CT molecular complexity index is 839. The van der Waals surface area contributed by atoms with Crippen molar-refractivity contribution in [3.63, 3.8) is 0 Å². The summed E-state index contributed by atoms with van der Waals surface area (Å²) in [6, 6.07) is 3.45. The van der Waals surface area contributed by atoms with E-state index in [4.69, 9.17) is 14.2 Å². The van der Waals surface area contributed by atoms with Gasteiger partial charge in [-0.2, -0.15) is 0 Å². The van der Waals surface area contributed by atoms with Crippen LogP contribution < -0.4 is 14.8 Å². The molecule has 1 aromatic carbocycles. The van der Waals surface area contributed by atoms with Crippen molar-refractivity contribution in [1.82, 2.24) is 9.88 Å². The third kappa shape index (κ3) is 4.00. The molecular formula is C19H25N3O5. The van der Waals surface area contributed by atoms with E-state index in [1.807, 2.05) is 0 Å². The number of likely N-dealkylation sites (tertiary alicyclic amines) is 1. The Morgan fingerprint density at radius 1 is 1.07 bits per heavy atom. The number of carbonyl (C=O) groups excluding carboxylic acids is 2. The number of esters is 1. The van der Waals surface area contributed by atoms with Crippen LogP contribution in [0, 0.1) is 0 Å². The van der Waals surface area contributed by atoms with Crippen LogP contribution in [-0.4, -0.2) is 62.7 Å². The number of aromatic nitrogens is 1. The highest BCUT2D eigenvalue weighted by Gasteiger charge is 2.23. The fourth-order valence-electron chi connectivity index (χ4n) is 3.41. The van der Waals surface area contributed by atoms with Crippen LogP contribution in [0.15, 0.2) is 12.1 Å². The van der Waals surface area contributed by atoms with Gasteiger partial charge in [-0.05, 0) is 32.0 Å². The second-order valence-corrected chi connectivity index (χ2v) is 6.50. The van der Waals surface area contributed by atoms with E-state index in [9.17, 15) is 9.59 Å². The van der Waals surface area contributed by atoms with Crippen molar-refractivity contribution in [2.24, 2.45) is 0 Å². The molecule has 0 saturated carbocycles. The lowest BCUT2D eigenvalue weighted by atomic mass is 10.1. The lowest BCUT2D eigenvalue weighted by Gasteiger charge is -2.25. The minimum Gasteiger partial charge on any atom is -0.493 e. The predicted octanol–water partition coefficient (Wildman–Crippen LogP) is 2.40. The summed E-state index contributed by atoms with van der Waals surface area (Å²) in [6.45, 7) is 2.12. The molecule has 3 rings (SSSR count). The van der Waals surface area contributed by atoms with Crippen LogP contribution in [0.5, 0.6) is 11.5 Å². The molecule has 0 bridgehead atoms. The van der Waals surface area contributed by atoms with Crippen molar-refractivity contribution in [2.45, 2.75) is 19.3 Å². The molecule has 0 atom stereocenters. The van der Waals surface area contributed by atoms with Crippen LogP contribution in [0.3, 0.4) is 0 Å². The molecule has 0 aliphatic carbocycles. The van der Waals surface area contributed by atoms with Crippen molar-refractivity contribution >= 4 is 28.5 Å². The van der Waals surface area contributed by atoms with Crippen molar-refractivity contribution in [1.29, 1.82) is 0 Å². The van der Waals surface area contributed by atoms with Crippen LogP contribution in [0.1, 0.15) is 29.8 Å². The number of rotatable bonds is 6. The third-order valence-electron chi connectivity index (χ3n) is 4.77. The molecule has 1 fully saturated rings. The van der Waals surface area contributed by atoms with E-state index < -0.39 is 5.97 Å². The standard InChI is InChI=1S/C19H25N3O5/c1-25-14-9-12-13(10-15(14)26-2)20-18(19(24)27-3)17(12)21-16(23)11-22-7-5-4-6-8-22/h9-10,20H,4-8,11H2,1-3H3,(H,21,23). The van der Waals surface area contributed by atoms with Gasteiger partial charge < -0.3 is 24.5 Å². The van der Waals surface area contributed by atoms with Crippen LogP contribution in [0.4, 0.5) is 5.69 Å². The van der Waals surface area contributed by atoms with Crippen molar-refractivity contribution < 1.29 is 23.8 Å². The number of ether oxygens (including phenoxy) is 3. The summed E-state index contributed by atoms with van der Waals surface area (Å²) >= 11 is 0. The fourth-order valence-corrected chi connectivity index (χ4v) is 3.41. The summed E-state index contributed by atoms with van der Waals surface area (Å²) in [7, 11) is 4.37. The Labute approximate surface area is 157 Å². The highest BCUT2D eigenvalue weighted by molar-refractivity contribution is 6.11. The van der Waals surface area contributed by atoms with Crippen LogP contribution >= 0.6 is 0 Å². The Balaban J connectivity index is 1.95. The quantitative estimate of drug-likeness (QED) is 0.753. The second kappa shape index (κ2) is 8.30. The highest BCUT2D eigenvalue weighted by atomic mass is 16.5. The molecule has 2 heterocycles. The molecule has 0 unspecified atom stereocenters. The lowest BCUT2D eigenvalue weighted by molar-refractivity contribution is -0.117. The molecule has 1 aliphatic heterocycles. The van der Waals surface area contributed by atoms with Crippen LogP contribution in [0.25, 0.3) is 10.9 Å². The van der Waals surface area contributed by atoms with Gasteiger partial charge in [-0.1, -0.05) is 6.42 Å². The van der Waals surface area contributed by atoms with Gasteiger partial charge >= 0.3 is 5.97 Å². The highest BCUT2D eigenvalue weighted by Crippen LogP contribution is 2.37. The largest absolute Gasteiger partial charge is 0.493 e. The number of carbonyl (C=O) groups is 2. The van der Waals surface area contributed by atoms with Gasteiger partial charge in [0.25, 0.3) is 0 Å². The second-order valence-electron chi connectivity index (χ2n) is 6.50. The van der Waals surface area contributed by atoms with E-state index in [0.717, 1.165) is 25.9 Å². The molecule has 0 spiro atoms. The first-order chi connectivity index (χ1) is 13.1. The SMILES string of the molecule is COC(=O)c1[nH]c2cc(OC)c(OC)cc2c1NC(=O)CN1CCCCC1.